The van der Waals surface area contributed by atoms with Crippen LogP contribution in [0.1, 0.15) is 20.8 Å². The maximum atomic E-state index is 12.1. The third-order valence-electron chi connectivity index (χ3n) is 3.40. The number of carbonyl (C=O) groups is 2. The third-order valence-corrected chi connectivity index (χ3v) is 3.84. The predicted molar refractivity (Wildman–Crippen MR) is 108 cm³/mol. The molecular formula is C19H21Cl2N3O2. The van der Waals surface area contributed by atoms with Crippen molar-refractivity contribution in [2.24, 2.45) is 5.41 Å². The van der Waals surface area contributed by atoms with Crippen LogP contribution >= 0.6 is 23.2 Å². The summed E-state index contributed by atoms with van der Waals surface area (Å²) in [5.74, 6) is -0.333. The van der Waals surface area contributed by atoms with Gasteiger partial charge in [-0.25, -0.2) is 0 Å². The predicted octanol–water partition coefficient (Wildman–Crippen LogP) is 5.03. The summed E-state index contributed by atoms with van der Waals surface area (Å²) >= 11 is 11.9. The van der Waals surface area contributed by atoms with Gasteiger partial charge in [0.2, 0.25) is 11.8 Å². The number of hydrogen-bond donors (Lipinski definition) is 3. The number of amides is 2. The summed E-state index contributed by atoms with van der Waals surface area (Å²) in [4.78, 5) is 24.2. The monoisotopic (exact) mass is 393 g/mol. The molecule has 0 aromatic heterocycles. The van der Waals surface area contributed by atoms with E-state index < -0.39 is 5.41 Å². The Morgan fingerprint density at radius 2 is 1.46 bits per heavy atom. The maximum absolute atomic E-state index is 12.1. The molecule has 0 atom stereocenters. The van der Waals surface area contributed by atoms with E-state index in [1.807, 2.05) is 20.8 Å². The van der Waals surface area contributed by atoms with Gasteiger partial charge in [-0.3, -0.25) is 9.59 Å². The van der Waals surface area contributed by atoms with Crippen molar-refractivity contribution in [3.05, 3.63) is 52.5 Å². The van der Waals surface area contributed by atoms with Crippen molar-refractivity contribution >= 4 is 52.1 Å². The van der Waals surface area contributed by atoms with Gasteiger partial charge in [0.05, 0.1) is 6.54 Å². The lowest BCUT2D eigenvalue weighted by atomic mass is 9.95. The number of hydrogen-bond acceptors (Lipinski definition) is 3. The number of nitrogens with one attached hydrogen (secondary N) is 3. The molecule has 0 bridgehead atoms. The van der Waals surface area contributed by atoms with Crippen LogP contribution < -0.4 is 16.0 Å². The Bertz CT molecular complexity index is 796. The van der Waals surface area contributed by atoms with Crippen molar-refractivity contribution in [2.75, 3.05) is 22.5 Å². The minimum absolute atomic E-state index is 0.0508. The Morgan fingerprint density at radius 1 is 0.885 bits per heavy atom. The molecule has 3 N–H and O–H groups in total. The summed E-state index contributed by atoms with van der Waals surface area (Å²) < 4.78 is 0. The van der Waals surface area contributed by atoms with Gasteiger partial charge in [0, 0.05) is 32.5 Å². The van der Waals surface area contributed by atoms with Crippen molar-refractivity contribution < 1.29 is 9.59 Å². The second kappa shape index (κ2) is 8.43. The van der Waals surface area contributed by atoms with E-state index in [1.165, 1.54) is 0 Å². The van der Waals surface area contributed by atoms with Gasteiger partial charge in [-0.05, 0) is 36.4 Å². The molecule has 0 spiro atoms. The SMILES string of the molecule is CC(C)(C)C(=O)Nc1cccc(NC(=O)CNc2cc(Cl)cc(Cl)c2)c1. The molecule has 2 aromatic rings. The van der Waals surface area contributed by atoms with Crippen LogP contribution in [0.2, 0.25) is 10.0 Å². The fourth-order valence-electron chi connectivity index (χ4n) is 2.04. The molecule has 0 saturated carbocycles. The standard InChI is InChI=1S/C19H21Cl2N3O2/c1-19(2,3)18(26)24-15-6-4-5-14(10-15)23-17(25)11-22-16-8-12(20)7-13(21)9-16/h4-10,22H,11H2,1-3H3,(H,23,25)(H,24,26). The summed E-state index contributed by atoms with van der Waals surface area (Å²) in [7, 11) is 0. The van der Waals surface area contributed by atoms with E-state index in [0.717, 1.165) is 0 Å². The molecule has 0 unspecified atom stereocenters. The number of rotatable bonds is 5. The molecule has 5 nitrogen and oxygen atoms in total. The van der Waals surface area contributed by atoms with E-state index >= 15 is 0 Å². The first-order valence-electron chi connectivity index (χ1n) is 8.05. The van der Waals surface area contributed by atoms with Gasteiger partial charge in [-0.2, -0.15) is 0 Å². The van der Waals surface area contributed by atoms with Crippen molar-refractivity contribution in [3.8, 4) is 0 Å². The first kappa shape index (κ1) is 20.1. The molecule has 0 saturated heterocycles. The van der Waals surface area contributed by atoms with E-state index in [2.05, 4.69) is 16.0 Å². The second-order valence-corrected chi connectivity index (χ2v) is 7.72. The highest BCUT2D eigenvalue weighted by molar-refractivity contribution is 6.35. The van der Waals surface area contributed by atoms with Crippen LogP contribution in [0.15, 0.2) is 42.5 Å². The van der Waals surface area contributed by atoms with Crippen LogP contribution in [-0.4, -0.2) is 18.4 Å². The summed E-state index contributed by atoms with van der Waals surface area (Å²) in [6.07, 6.45) is 0. The highest BCUT2D eigenvalue weighted by atomic mass is 35.5. The molecule has 26 heavy (non-hydrogen) atoms. The first-order chi connectivity index (χ1) is 12.1. The topological polar surface area (TPSA) is 70.2 Å². The molecule has 0 heterocycles. The molecule has 0 aliphatic carbocycles. The zero-order chi connectivity index (χ0) is 19.3. The Morgan fingerprint density at radius 3 is 2.04 bits per heavy atom. The largest absolute Gasteiger partial charge is 0.376 e. The van der Waals surface area contributed by atoms with E-state index in [4.69, 9.17) is 23.2 Å². The van der Waals surface area contributed by atoms with E-state index in [0.29, 0.717) is 27.1 Å². The van der Waals surface area contributed by atoms with Crippen molar-refractivity contribution in [1.82, 2.24) is 0 Å². The lowest BCUT2D eigenvalue weighted by Crippen LogP contribution is -2.27. The Hall–Kier alpha value is -2.24. The average Bonchev–Trinajstić information content (AvgIpc) is 2.51. The first-order valence-corrected chi connectivity index (χ1v) is 8.80. The summed E-state index contributed by atoms with van der Waals surface area (Å²) in [5, 5.41) is 9.55. The van der Waals surface area contributed by atoms with E-state index in [1.54, 1.807) is 42.5 Å². The molecule has 138 valence electrons. The van der Waals surface area contributed by atoms with Crippen LogP contribution in [0.4, 0.5) is 17.1 Å². The van der Waals surface area contributed by atoms with Crippen molar-refractivity contribution in [1.29, 1.82) is 0 Å². The molecule has 7 heteroatoms. The normalized spacial score (nSPS) is 11.0. The zero-order valence-corrected chi connectivity index (χ0v) is 16.3. The number of anilines is 3. The fourth-order valence-corrected chi connectivity index (χ4v) is 2.56. The van der Waals surface area contributed by atoms with Gasteiger partial charge in [-0.15, -0.1) is 0 Å². The Balaban J connectivity index is 1.94. The highest BCUT2D eigenvalue weighted by Crippen LogP contribution is 2.22. The molecule has 0 radical (unpaired) electrons. The zero-order valence-electron chi connectivity index (χ0n) is 14.8. The minimum atomic E-state index is -0.499. The minimum Gasteiger partial charge on any atom is -0.376 e. The van der Waals surface area contributed by atoms with Crippen LogP contribution in [0.25, 0.3) is 0 Å². The van der Waals surface area contributed by atoms with Crippen molar-refractivity contribution in [3.63, 3.8) is 0 Å². The van der Waals surface area contributed by atoms with Gasteiger partial charge in [0.15, 0.2) is 0 Å². The number of halogens is 2. The lowest BCUT2D eigenvalue weighted by molar-refractivity contribution is -0.123. The molecule has 2 rings (SSSR count). The quantitative estimate of drug-likeness (QED) is 0.666. The molecule has 0 aliphatic heterocycles. The van der Waals surface area contributed by atoms with E-state index in [9.17, 15) is 9.59 Å². The van der Waals surface area contributed by atoms with Gasteiger partial charge >= 0.3 is 0 Å². The average molecular weight is 394 g/mol. The molecule has 0 aliphatic rings. The Kier molecular flexibility index (Phi) is 6.51. The van der Waals surface area contributed by atoms with Crippen LogP contribution in [0.3, 0.4) is 0 Å². The van der Waals surface area contributed by atoms with Crippen LogP contribution in [-0.2, 0) is 9.59 Å². The molecular weight excluding hydrogens is 373 g/mol. The van der Waals surface area contributed by atoms with Gasteiger partial charge in [0.25, 0.3) is 0 Å². The molecule has 2 aromatic carbocycles. The maximum Gasteiger partial charge on any atom is 0.243 e. The molecule has 2 amide bonds. The van der Waals surface area contributed by atoms with Crippen LogP contribution in [0.5, 0.6) is 0 Å². The van der Waals surface area contributed by atoms with E-state index in [-0.39, 0.29) is 18.4 Å². The fraction of sp³-hybridized carbons (Fsp3) is 0.263. The molecule has 0 fully saturated rings. The van der Waals surface area contributed by atoms with Crippen LogP contribution in [0, 0.1) is 5.41 Å². The summed E-state index contributed by atoms with van der Waals surface area (Å²) in [6, 6.07) is 12.0. The second-order valence-electron chi connectivity index (χ2n) is 6.84. The van der Waals surface area contributed by atoms with Gasteiger partial charge in [0.1, 0.15) is 0 Å². The number of benzene rings is 2. The highest BCUT2D eigenvalue weighted by Gasteiger charge is 2.21. The van der Waals surface area contributed by atoms with Gasteiger partial charge < -0.3 is 16.0 Å². The van der Waals surface area contributed by atoms with Gasteiger partial charge in [-0.1, -0.05) is 50.0 Å². The third kappa shape index (κ3) is 6.24. The smallest absolute Gasteiger partial charge is 0.243 e. The summed E-state index contributed by atoms with van der Waals surface area (Å²) in [6.45, 7) is 5.56. The summed E-state index contributed by atoms with van der Waals surface area (Å²) in [5.41, 5.74) is 1.37. The lowest BCUT2D eigenvalue weighted by Gasteiger charge is -2.18. The Labute approximate surface area is 163 Å². The van der Waals surface area contributed by atoms with Crippen molar-refractivity contribution in [2.45, 2.75) is 20.8 Å². The number of carbonyl (C=O) groups excluding carboxylic acids is 2.